The van der Waals surface area contributed by atoms with Crippen molar-refractivity contribution < 1.29 is 19.0 Å². The molecular weight excluding hydrogens is 559 g/mol. The van der Waals surface area contributed by atoms with Crippen molar-refractivity contribution in [3.05, 3.63) is 60.0 Å². The van der Waals surface area contributed by atoms with E-state index in [1.807, 2.05) is 17.6 Å². The molecule has 4 aromatic rings. The molecule has 0 aliphatic carbocycles. The van der Waals surface area contributed by atoms with Crippen LogP contribution in [0.25, 0.3) is 21.8 Å². The highest BCUT2D eigenvalue weighted by Crippen LogP contribution is 2.40. The normalized spacial score (nSPS) is 17.3. The number of rotatable bonds is 7. The first-order valence-electron chi connectivity index (χ1n) is 13.8. The van der Waals surface area contributed by atoms with Gasteiger partial charge >= 0.3 is 6.09 Å². The van der Waals surface area contributed by atoms with Crippen molar-refractivity contribution in [1.29, 1.82) is 0 Å². The smallest absolute Gasteiger partial charge is 0.407 e. The van der Waals surface area contributed by atoms with Gasteiger partial charge in [0.1, 0.15) is 22.2 Å². The highest BCUT2D eigenvalue weighted by molar-refractivity contribution is 7.13. The van der Waals surface area contributed by atoms with Gasteiger partial charge in [-0.05, 0) is 49.2 Å². The summed E-state index contributed by atoms with van der Waals surface area (Å²) < 4.78 is 19.3. The molecule has 1 amide bonds. The first-order chi connectivity index (χ1) is 20.5. The molecule has 5 heterocycles. The molecule has 2 N–H and O–H groups in total. The molecule has 0 saturated carbocycles. The Labute approximate surface area is 246 Å². The molecule has 1 atom stereocenters. The number of likely N-dealkylation sites (tertiary alicyclic amines) is 1. The Morgan fingerprint density at radius 2 is 1.86 bits per heavy atom. The molecule has 2 fully saturated rings. The van der Waals surface area contributed by atoms with Crippen LogP contribution in [0.3, 0.4) is 0 Å². The van der Waals surface area contributed by atoms with Gasteiger partial charge in [-0.1, -0.05) is 0 Å². The zero-order chi connectivity index (χ0) is 29.1. The molecule has 3 aromatic heterocycles. The van der Waals surface area contributed by atoms with Crippen LogP contribution in [-0.4, -0.2) is 88.5 Å². The number of pyridine rings is 1. The lowest BCUT2D eigenvalue weighted by molar-refractivity contribution is 0.133. The van der Waals surface area contributed by atoms with Crippen LogP contribution in [0.4, 0.5) is 26.6 Å². The predicted molar refractivity (Wildman–Crippen MR) is 160 cm³/mol. The van der Waals surface area contributed by atoms with E-state index < -0.39 is 6.09 Å². The van der Waals surface area contributed by atoms with Crippen LogP contribution in [-0.2, 0) is 0 Å². The quantitative estimate of drug-likeness (QED) is 0.314. The minimum Gasteiger partial charge on any atom is -0.480 e. The van der Waals surface area contributed by atoms with E-state index >= 15 is 0 Å². The number of nitrogens with zero attached hydrogens (tertiary/aromatic N) is 7. The van der Waals surface area contributed by atoms with E-state index in [0.717, 1.165) is 37.2 Å². The van der Waals surface area contributed by atoms with Crippen LogP contribution in [0.15, 0.2) is 54.2 Å². The van der Waals surface area contributed by atoms with Crippen LogP contribution >= 0.6 is 11.3 Å². The van der Waals surface area contributed by atoms with E-state index in [0.29, 0.717) is 60.1 Å². The van der Waals surface area contributed by atoms with E-state index in [-0.39, 0.29) is 11.9 Å². The number of ether oxygens (including phenoxy) is 1. The molecule has 0 unspecified atom stereocenters. The van der Waals surface area contributed by atoms with Crippen LogP contribution in [0.1, 0.15) is 12.8 Å². The molecule has 2 aliphatic heterocycles. The molecule has 11 nitrogen and oxygen atoms in total. The lowest BCUT2D eigenvalue weighted by atomic mass is 10.1. The standard InChI is InChI=1S/C29H31FN8O3S/c1-41-26-24(27-33-23(18-42-27)19-6-8-20(30)9-7-19)25(32-21-4-3-11-38(17-21)29(39)40)34-28(35-26)37-14-12-36(13-15-37)22-5-2-10-31-16-22/h2,5-10,16,18,21H,3-4,11-15,17H2,1H3,(H,39,40)(H,32,34,35)/t21-/m1/s1. The number of benzene rings is 1. The number of anilines is 3. The van der Waals surface area contributed by atoms with Gasteiger partial charge in [-0.25, -0.2) is 14.2 Å². The summed E-state index contributed by atoms with van der Waals surface area (Å²) in [5.74, 6) is 1.15. The van der Waals surface area contributed by atoms with Gasteiger partial charge in [0, 0.05) is 62.5 Å². The van der Waals surface area contributed by atoms with Crippen molar-refractivity contribution in [2.24, 2.45) is 0 Å². The van der Waals surface area contributed by atoms with Crippen LogP contribution in [0.2, 0.25) is 0 Å². The fourth-order valence-corrected chi connectivity index (χ4v) is 6.19. The van der Waals surface area contributed by atoms with Crippen molar-refractivity contribution in [3.8, 4) is 27.7 Å². The van der Waals surface area contributed by atoms with Crippen molar-refractivity contribution in [1.82, 2.24) is 24.8 Å². The summed E-state index contributed by atoms with van der Waals surface area (Å²) in [6.45, 7) is 3.83. The fourth-order valence-electron chi connectivity index (χ4n) is 5.32. The number of aromatic nitrogens is 4. The topological polar surface area (TPSA) is 120 Å². The third-order valence-electron chi connectivity index (χ3n) is 7.52. The number of thiazole rings is 1. The minimum absolute atomic E-state index is 0.139. The second-order valence-electron chi connectivity index (χ2n) is 10.2. The number of carbonyl (C=O) groups is 1. The number of hydrogen-bond acceptors (Lipinski definition) is 10. The second-order valence-corrected chi connectivity index (χ2v) is 11.1. The Morgan fingerprint density at radius 1 is 1.07 bits per heavy atom. The third kappa shape index (κ3) is 5.91. The zero-order valence-corrected chi connectivity index (χ0v) is 23.9. The van der Waals surface area contributed by atoms with Gasteiger partial charge in [0.2, 0.25) is 11.8 Å². The minimum atomic E-state index is -0.932. The molecule has 6 rings (SSSR count). The van der Waals surface area contributed by atoms with Gasteiger partial charge in [-0.3, -0.25) is 4.98 Å². The van der Waals surface area contributed by atoms with Gasteiger partial charge in [-0.15, -0.1) is 11.3 Å². The third-order valence-corrected chi connectivity index (χ3v) is 8.38. The molecule has 1 aromatic carbocycles. The Balaban J connectivity index is 1.33. The van der Waals surface area contributed by atoms with Crippen LogP contribution in [0, 0.1) is 5.82 Å². The molecule has 13 heteroatoms. The number of piperazine rings is 1. The zero-order valence-electron chi connectivity index (χ0n) is 23.1. The van der Waals surface area contributed by atoms with Gasteiger partial charge in [-0.2, -0.15) is 9.97 Å². The maximum absolute atomic E-state index is 13.5. The molecule has 2 saturated heterocycles. The second kappa shape index (κ2) is 12.1. The summed E-state index contributed by atoms with van der Waals surface area (Å²) in [5, 5.41) is 15.7. The highest BCUT2D eigenvalue weighted by atomic mass is 32.1. The Hall–Kier alpha value is -4.52. The van der Waals surface area contributed by atoms with Crippen LogP contribution < -0.4 is 19.9 Å². The van der Waals surface area contributed by atoms with E-state index in [9.17, 15) is 14.3 Å². The van der Waals surface area contributed by atoms with Crippen molar-refractivity contribution in [2.75, 3.05) is 61.5 Å². The van der Waals surface area contributed by atoms with Gasteiger partial charge in [0.05, 0.1) is 24.7 Å². The molecule has 0 spiro atoms. The average molecular weight is 591 g/mol. The van der Waals surface area contributed by atoms with E-state index in [4.69, 9.17) is 19.7 Å². The SMILES string of the molecule is COc1nc(N2CCN(c3cccnc3)CC2)nc(N[C@@H]2CCCN(C(=O)O)C2)c1-c1nc(-c2ccc(F)cc2)cs1. The molecule has 0 bridgehead atoms. The Morgan fingerprint density at radius 3 is 2.57 bits per heavy atom. The number of methoxy groups -OCH3 is 1. The number of hydrogen-bond donors (Lipinski definition) is 2. The molecule has 2 aliphatic rings. The maximum atomic E-state index is 13.5. The van der Waals surface area contributed by atoms with Gasteiger partial charge in [0.25, 0.3) is 0 Å². The molecular formula is C29H31FN8O3S. The van der Waals surface area contributed by atoms with Crippen molar-refractivity contribution >= 4 is 34.9 Å². The van der Waals surface area contributed by atoms with Crippen molar-refractivity contribution in [2.45, 2.75) is 18.9 Å². The van der Waals surface area contributed by atoms with E-state index in [1.54, 1.807) is 25.4 Å². The average Bonchev–Trinajstić information content (AvgIpc) is 3.51. The maximum Gasteiger partial charge on any atom is 0.407 e. The molecule has 0 radical (unpaired) electrons. The van der Waals surface area contributed by atoms with Crippen molar-refractivity contribution in [3.63, 3.8) is 0 Å². The largest absolute Gasteiger partial charge is 0.480 e. The van der Waals surface area contributed by atoms with E-state index in [2.05, 4.69) is 26.2 Å². The Kier molecular flexibility index (Phi) is 8.00. The lowest BCUT2D eigenvalue weighted by Crippen LogP contribution is -2.47. The highest BCUT2D eigenvalue weighted by Gasteiger charge is 2.29. The first kappa shape index (κ1) is 27.6. The van der Waals surface area contributed by atoms with E-state index in [1.165, 1.54) is 28.4 Å². The summed E-state index contributed by atoms with van der Waals surface area (Å²) in [6.07, 6.45) is 4.25. The number of amides is 1. The fraction of sp³-hybridized carbons (Fsp3) is 0.345. The molecule has 218 valence electrons. The monoisotopic (exact) mass is 590 g/mol. The lowest BCUT2D eigenvalue weighted by Gasteiger charge is -2.36. The van der Waals surface area contributed by atoms with Crippen LogP contribution in [0.5, 0.6) is 5.88 Å². The van der Waals surface area contributed by atoms with Gasteiger partial charge in [0.15, 0.2) is 0 Å². The Bertz CT molecular complexity index is 1530. The van der Waals surface area contributed by atoms with Gasteiger partial charge < -0.3 is 29.9 Å². The summed E-state index contributed by atoms with van der Waals surface area (Å²) in [6, 6.07) is 10.0. The summed E-state index contributed by atoms with van der Waals surface area (Å²) in [5.41, 5.74) is 3.18. The number of carboxylic acid groups (broad SMARTS) is 1. The number of nitrogens with one attached hydrogen (secondary N) is 1. The predicted octanol–water partition coefficient (Wildman–Crippen LogP) is 4.69. The summed E-state index contributed by atoms with van der Waals surface area (Å²) >= 11 is 1.42. The summed E-state index contributed by atoms with van der Waals surface area (Å²) in [7, 11) is 1.57. The number of halogens is 1. The summed E-state index contributed by atoms with van der Waals surface area (Å²) in [4.78, 5) is 36.4. The number of piperidine rings is 1. The molecule has 42 heavy (non-hydrogen) atoms. The first-order valence-corrected chi connectivity index (χ1v) is 14.7.